The van der Waals surface area contributed by atoms with E-state index in [9.17, 15) is 8.42 Å². The first kappa shape index (κ1) is 14.2. The Labute approximate surface area is 105 Å². The van der Waals surface area contributed by atoms with Crippen molar-refractivity contribution in [3.05, 3.63) is 23.2 Å². The van der Waals surface area contributed by atoms with Crippen LogP contribution in [0.1, 0.15) is 0 Å². The Morgan fingerprint density at radius 3 is 2.76 bits per heavy atom. The standard InChI is InChI=1S/C9H13ClN2O4S/c1-15-8-3-2-7(10)6-9(8)17(13,14)12-4-5-16-11/h2-3,6,12H,4-5,11H2,1H3. The number of methoxy groups -OCH3 is 1. The fourth-order valence-corrected chi connectivity index (χ4v) is 2.62. The average Bonchev–Trinajstić information content (AvgIpc) is 2.29. The number of nitrogens with two attached hydrogens (primary N) is 1. The van der Waals surface area contributed by atoms with Gasteiger partial charge in [-0.15, -0.1) is 0 Å². The molecule has 0 aromatic heterocycles. The lowest BCUT2D eigenvalue weighted by Gasteiger charge is -2.10. The third kappa shape index (κ3) is 3.83. The molecule has 0 spiro atoms. The summed E-state index contributed by atoms with van der Waals surface area (Å²) in [5.74, 6) is 5.01. The summed E-state index contributed by atoms with van der Waals surface area (Å²) in [7, 11) is -2.31. The van der Waals surface area contributed by atoms with Crippen molar-refractivity contribution in [3.63, 3.8) is 0 Å². The van der Waals surface area contributed by atoms with E-state index in [2.05, 4.69) is 9.56 Å². The monoisotopic (exact) mass is 280 g/mol. The maximum absolute atomic E-state index is 11.9. The zero-order valence-corrected chi connectivity index (χ0v) is 10.7. The molecule has 0 bridgehead atoms. The van der Waals surface area contributed by atoms with Gasteiger partial charge in [0.2, 0.25) is 10.0 Å². The molecule has 1 aromatic rings. The van der Waals surface area contributed by atoms with Crippen LogP contribution >= 0.6 is 11.6 Å². The minimum Gasteiger partial charge on any atom is -0.495 e. The zero-order valence-electron chi connectivity index (χ0n) is 9.14. The summed E-state index contributed by atoms with van der Waals surface area (Å²) in [6, 6.07) is 4.34. The summed E-state index contributed by atoms with van der Waals surface area (Å²) in [6.45, 7) is 0.136. The number of sulfonamides is 1. The summed E-state index contributed by atoms with van der Waals surface area (Å²) < 4.78 is 31.1. The lowest BCUT2D eigenvalue weighted by Crippen LogP contribution is -2.28. The van der Waals surface area contributed by atoms with Crippen LogP contribution in [0.25, 0.3) is 0 Å². The van der Waals surface area contributed by atoms with Crippen LogP contribution in [0.15, 0.2) is 23.1 Å². The fourth-order valence-electron chi connectivity index (χ4n) is 1.17. The summed E-state index contributed by atoms with van der Waals surface area (Å²) in [5, 5.41) is 0.307. The predicted molar refractivity (Wildman–Crippen MR) is 63.3 cm³/mol. The van der Waals surface area contributed by atoms with Gasteiger partial charge in [0.1, 0.15) is 10.6 Å². The van der Waals surface area contributed by atoms with E-state index >= 15 is 0 Å². The van der Waals surface area contributed by atoms with Gasteiger partial charge >= 0.3 is 0 Å². The molecule has 0 unspecified atom stereocenters. The zero-order chi connectivity index (χ0) is 12.9. The van der Waals surface area contributed by atoms with E-state index in [-0.39, 0.29) is 23.8 Å². The highest BCUT2D eigenvalue weighted by molar-refractivity contribution is 7.89. The molecule has 96 valence electrons. The molecule has 8 heteroatoms. The topological polar surface area (TPSA) is 90.7 Å². The summed E-state index contributed by atoms with van der Waals surface area (Å²) >= 11 is 5.75. The second-order valence-corrected chi connectivity index (χ2v) is 5.24. The molecule has 1 rings (SSSR count). The molecule has 1 aromatic carbocycles. The number of hydrogen-bond donors (Lipinski definition) is 2. The third-order valence-corrected chi connectivity index (χ3v) is 3.64. The van der Waals surface area contributed by atoms with Crippen molar-refractivity contribution in [2.45, 2.75) is 4.90 Å². The van der Waals surface area contributed by atoms with Gasteiger partial charge in [0.25, 0.3) is 0 Å². The van der Waals surface area contributed by atoms with E-state index in [1.807, 2.05) is 0 Å². The van der Waals surface area contributed by atoms with Crippen LogP contribution in [-0.4, -0.2) is 28.7 Å². The van der Waals surface area contributed by atoms with Crippen LogP contribution in [0, 0.1) is 0 Å². The smallest absolute Gasteiger partial charge is 0.244 e. The van der Waals surface area contributed by atoms with Crippen molar-refractivity contribution in [1.82, 2.24) is 4.72 Å². The summed E-state index contributed by atoms with van der Waals surface area (Å²) in [4.78, 5) is 4.25. The minimum atomic E-state index is -3.69. The van der Waals surface area contributed by atoms with E-state index in [0.29, 0.717) is 5.02 Å². The van der Waals surface area contributed by atoms with E-state index in [1.54, 1.807) is 6.07 Å². The summed E-state index contributed by atoms with van der Waals surface area (Å²) in [6.07, 6.45) is 0. The van der Waals surface area contributed by atoms with Gasteiger partial charge in [-0.05, 0) is 18.2 Å². The predicted octanol–water partition coefficient (Wildman–Crippen LogP) is 0.517. The second kappa shape index (κ2) is 6.18. The largest absolute Gasteiger partial charge is 0.495 e. The second-order valence-electron chi connectivity index (χ2n) is 3.06. The van der Waals surface area contributed by atoms with Crippen molar-refractivity contribution in [2.75, 3.05) is 20.3 Å². The molecule has 0 amide bonds. The van der Waals surface area contributed by atoms with Crippen LogP contribution in [0.5, 0.6) is 5.75 Å². The summed E-state index contributed by atoms with van der Waals surface area (Å²) in [5.41, 5.74) is 0. The van der Waals surface area contributed by atoms with E-state index in [0.717, 1.165) is 0 Å². The highest BCUT2D eigenvalue weighted by Gasteiger charge is 2.19. The van der Waals surface area contributed by atoms with Crippen LogP contribution in [0.3, 0.4) is 0 Å². The lowest BCUT2D eigenvalue weighted by atomic mass is 10.3. The Hall–Kier alpha value is -0.860. The lowest BCUT2D eigenvalue weighted by molar-refractivity contribution is 0.143. The van der Waals surface area contributed by atoms with Gasteiger partial charge in [-0.25, -0.2) is 19.0 Å². The molecule has 0 aliphatic carbocycles. The van der Waals surface area contributed by atoms with Gasteiger partial charge in [0, 0.05) is 11.6 Å². The molecule has 3 N–H and O–H groups in total. The minimum absolute atomic E-state index is 0.0236. The van der Waals surface area contributed by atoms with Gasteiger partial charge in [0.05, 0.1) is 13.7 Å². The van der Waals surface area contributed by atoms with Crippen LogP contribution in [-0.2, 0) is 14.9 Å². The van der Waals surface area contributed by atoms with E-state index in [4.69, 9.17) is 22.2 Å². The Balaban J connectivity index is 3.00. The van der Waals surface area contributed by atoms with E-state index in [1.165, 1.54) is 19.2 Å². The maximum atomic E-state index is 11.9. The van der Waals surface area contributed by atoms with Gasteiger partial charge in [-0.2, -0.15) is 0 Å². The van der Waals surface area contributed by atoms with Crippen LogP contribution in [0.2, 0.25) is 5.02 Å². The quantitative estimate of drug-likeness (QED) is 0.585. The Kier molecular flexibility index (Phi) is 5.16. The van der Waals surface area contributed by atoms with Crippen molar-refractivity contribution in [3.8, 4) is 5.75 Å². The van der Waals surface area contributed by atoms with Crippen LogP contribution < -0.4 is 15.4 Å². The molecular weight excluding hydrogens is 268 g/mol. The van der Waals surface area contributed by atoms with Gasteiger partial charge in [-0.3, -0.25) is 0 Å². The molecule has 0 saturated heterocycles. The molecule has 6 nitrogen and oxygen atoms in total. The maximum Gasteiger partial charge on any atom is 0.244 e. The average molecular weight is 281 g/mol. The third-order valence-electron chi connectivity index (χ3n) is 1.93. The highest BCUT2D eigenvalue weighted by atomic mass is 35.5. The van der Waals surface area contributed by atoms with Crippen molar-refractivity contribution < 1.29 is 18.0 Å². The number of nitrogens with one attached hydrogen (secondary N) is 1. The molecule has 17 heavy (non-hydrogen) atoms. The molecule has 0 heterocycles. The van der Waals surface area contributed by atoms with Gasteiger partial charge in [-0.1, -0.05) is 11.6 Å². The Morgan fingerprint density at radius 2 is 2.18 bits per heavy atom. The highest BCUT2D eigenvalue weighted by Crippen LogP contribution is 2.26. The van der Waals surface area contributed by atoms with Crippen molar-refractivity contribution >= 4 is 21.6 Å². The molecule has 0 fully saturated rings. The number of benzene rings is 1. The molecule has 0 radical (unpaired) electrons. The molecular formula is C9H13ClN2O4S. The van der Waals surface area contributed by atoms with Gasteiger partial charge in [0.15, 0.2) is 0 Å². The SMILES string of the molecule is COc1ccc(Cl)cc1S(=O)(=O)NCCON. The fraction of sp³-hybridized carbons (Fsp3) is 0.333. The number of halogens is 1. The molecule has 0 aliphatic heterocycles. The van der Waals surface area contributed by atoms with E-state index < -0.39 is 10.0 Å². The van der Waals surface area contributed by atoms with Crippen molar-refractivity contribution in [2.24, 2.45) is 5.90 Å². The van der Waals surface area contributed by atoms with Gasteiger partial charge < -0.3 is 9.57 Å². The number of rotatable bonds is 6. The first-order valence-electron chi connectivity index (χ1n) is 4.66. The Morgan fingerprint density at radius 1 is 1.47 bits per heavy atom. The van der Waals surface area contributed by atoms with Crippen LogP contribution in [0.4, 0.5) is 0 Å². The molecule has 0 atom stereocenters. The number of hydrogen-bond acceptors (Lipinski definition) is 5. The number of ether oxygens (including phenoxy) is 1. The van der Waals surface area contributed by atoms with Crippen molar-refractivity contribution in [1.29, 1.82) is 0 Å². The molecule has 0 aliphatic rings. The first-order valence-corrected chi connectivity index (χ1v) is 6.52. The first-order chi connectivity index (χ1) is 8.01. The normalized spacial score (nSPS) is 11.5. The molecule has 0 saturated carbocycles. The Bertz CT molecular complexity index is 478.